The molecule has 1 unspecified atom stereocenters. The molecule has 0 aliphatic carbocycles. The third-order valence-corrected chi connectivity index (χ3v) is 5.69. The number of hydrogen-bond donors (Lipinski definition) is 1. The monoisotopic (exact) mass is 461 g/mol. The van der Waals surface area contributed by atoms with E-state index in [1.54, 1.807) is 16.8 Å². The molecule has 0 spiro atoms. The molecular formula is C22H25BrFN3O2. The fourth-order valence-corrected chi connectivity index (χ4v) is 4.03. The van der Waals surface area contributed by atoms with Crippen molar-refractivity contribution in [3.05, 3.63) is 46.7 Å². The van der Waals surface area contributed by atoms with Gasteiger partial charge in [-0.05, 0) is 49.7 Å². The molecule has 1 atom stereocenters. The van der Waals surface area contributed by atoms with Gasteiger partial charge in [0.15, 0.2) is 0 Å². The van der Waals surface area contributed by atoms with E-state index in [-0.39, 0.29) is 5.82 Å². The number of halogens is 2. The number of aryl methyl sites for hydroxylation is 1. The van der Waals surface area contributed by atoms with Crippen molar-refractivity contribution in [3.8, 4) is 17.0 Å². The van der Waals surface area contributed by atoms with Crippen molar-refractivity contribution in [1.82, 2.24) is 15.1 Å². The molecule has 1 aliphatic heterocycles. The summed E-state index contributed by atoms with van der Waals surface area (Å²) in [6.45, 7) is 2.98. The van der Waals surface area contributed by atoms with Gasteiger partial charge in [-0.15, -0.1) is 0 Å². The predicted octanol–water partition coefficient (Wildman–Crippen LogP) is 4.68. The Kier molecular flexibility index (Phi) is 6.47. The standard InChI is InChI=1S/C22H25BrFN3O2/c1-27-21-12-15(23)5-7-19(21)22(26-27)18-8-6-17(13-20(18)24)29-11-3-10-28-14-16-4-2-9-25-16/h5-8,12-13,16,25H,2-4,9-11,14H2,1H3. The van der Waals surface area contributed by atoms with Gasteiger partial charge in [-0.2, -0.15) is 5.10 Å². The Morgan fingerprint density at radius 3 is 2.93 bits per heavy atom. The van der Waals surface area contributed by atoms with Crippen LogP contribution in [0.2, 0.25) is 0 Å². The van der Waals surface area contributed by atoms with E-state index in [2.05, 4.69) is 26.3 Å². The lowest BCUT2D eigenvalue weighted by molar-refractivity contribution is 0.104. The lowest BCUT2D eigenvalue weighted by Crippen LogP contribution is -2.27. The maximum absolute atomic E-state index is 14.8. The van der Waals surface area contributed by atoms with Gasteiger partial charge in [-0.3, -0.25) is 4.68 Å². The van der Waals surface area contributed by atoms with Crippen LogP contribution in [0.25, 0.3) is 22.2 Å². The van der Waals surface area contributed by atoms with Crippen LogP contribution in [0.1, 0.15) is 19.3 Å². The zero-order valence-corrected chi connectivity index (χ0v) is 18.0. The summed E-state index contributed by atoms with van der Waals surface area (Å²) in [4.78, 5) is 0. The van der Waals surface area contributed by atoms with Gasteiger partial charge in [0.2, 0.25) is 0 Å². The lowest BCUT2D eigenvalue weighted by atomic mass is 10.1. The number of fused-ring (bicyclic) bond motifs is 1. The summed E-state index contributed by atoms with van der Waals surface area (Å²) in [5.74, 6) is 0.181. The molecule has 1 N–H and O–H groups in total. The first-order valence-electron chi connectivity index (χ1n) is 9.98. The molecule has 5 nitrogen and oxygen atoms in total. The van der Waals surface area contributed by atoms with Crippen molar-refractivity contribution >= 4 is 26.8 Å². The van der Waals surface area contributed by atoms with E-state index in [9.17, 15) is 4.39 Å². The number of benzene rings is 2. The van der Waals surface area contributed by atoms with Crippen molar-refractivity contribution in [3.63, 3.8) is 0 Å². The van der Waals surface area contributed by atoms with E-state index in [0.29, 0.717) is 36.3 Å². The maximum atomic E-state index is 14.8. The highest BCUT2D eigenvalue weighted by atomic mass is 79.9. The molecule has 1 aliphatic rings. The molecule has 2 heterocycles. The zero-order valence-electron chi connectivity index (χ0n) is 16.5. The molecule has 0 saturated carbocycles. The Morgan fingerprint density at radius 2 is 2.14 bits per heavy atom. The van der Waals surface area contributed by atoms with Crippen molar-refractivity contribution in [2.45, 2.75) is 25.3 Å². The number of aromatic nitrogens is 2. The first kappa shape index (κ1) is 20.3. The first-order chi connectivity index (χ1) is 14.1. The molecule has 0 amide bonds. The summed E-state index contributed by atoms with van der Waals surface area (Å²) in [6.07, 6.45) is 3.19. The molecule has 4 rings (SSSR count). The minimum Gasteiger partial charge on any atom is -0.493 e. The van der Waals surface area contributed by atoms with Crippen molar-refractivity contribution in [1.29, 1.82) is 0 Å². The van der Waals surface area contributed by atoms with E-state index in [1.165, 1.54) is 18.9 Å². The molecule has 0 bridgehead atoms. The second kappa shape index (κ2) is 9.24. The van der Waals surface area contributed by atoms with Crippen LogP contribution in [0, 0.1) is 5.82 Å². The minimum atomic E-state index is -0.339. The fourth-order valence-electron chi connectivity index (χ4n) is 3.68. The van der Waals surface area contributed by atoms with Gasteiger partial charge < -0.3 is 14.8 Å². The Morgan fingerprint density at radius 1 is 1.24 bits per heavy atom. The summed E-state index contributed by atoms with van der Waals surface area (Å²) in [5, 5.41) is 8.83. The van der Waals surface area contributed by atoms with Gasteiger partial charge in [-0.25, -0.2) is 4.39 Å². The first-order valence-corrected chi connectivity index (χ1v) is 10.8. The van der Waals surface area contributed by atoms with E-state index >= 15 is 0 Å². The number of ether oxygens (including phenoxy) is 2. The van der Waals surface area contributed by atoms with E-state index in [0.717, 1.165) is 34.9 Å². The molecule has 154 valence electrons. The second-order valence-corrected chi connectivity index (χ2v) is 8.26. The van der Waals surface area contributed by atoms with Crippen LogP contribution in [0.4, 0.5) is 4.39 Å². The molecule has 7 heteroatoms. The van der Waals surface area contributed by atoms with Crippen molar-refractivity contribution < 1.29 is 13.9 Å². The van der Waals surface area contributed by atoms with Gasteiger partial charge in [-0.1, -0.05) is 15.9 Å². The van der Waals surface area contributed by atoms with Gasteiger partial charge in [0.25, 0.3) is 0 Å². The summed E-state index contributed by atoms with van der Waals surface area (Å²) in [7, 11) is 1.86. The van der Waals surface area contributed by atoms with Crippen LogP contribution in [-0.4, -0.2) is 42.2 Å². The van der Waals surface area contributed by atoms with Gasteiger partial charge in [0.05, 0.1) is 18.7 Å². The number of hydrogen-bond acceptors (Lipinski definition) is 4. The average molecular weight is 462 g/mol. The largest absolute Gasteiger partial charge is 0.493 e. The third-order valence-electron chi connectivity index (χ3n) is 5.19. The fraction of sp³-hybridized carbons (Fsp3) is 0.409. The average Bonchev–Trinajstić information content (AvgIpc) is 3.33. The summed E-state index contributed by atoms with van der Waals surface area (Å²) < 4.78 is 28.9. The predicted molar refractivity (Wildman–Crippen MR) is 116 cm³/mol. The Hall–Kier alpha value is -1.96. The highest BCUT2D eigenvalue weighted by Gasteiger charge is 2.16. The maximum Gasteiger partial charge on any atom is 0.136 e. The van der Waals surface area contributed by atoms with Crippen molar-refractivity contribution in [2.75, 3.05) is 26.4 Å². The summed E-state index contributed by atoms with van der Waals surface area (Å²) in [5.41, 5.74) is 2.05. The SMILES string of the molecule is Cn1nc(-c2ccc(OCCCOCC3CCCN3)cc2F)c2ccc(Br)cc21. The molecule has 29 heavy (non-hydrogen) atoms. The second-order valence-electron chi connectivity index (χ2n) is 7.35. The van der Waals surface area contributed by atoms with Crippen LogP contribution in [-0.2, 0) is 11.8 Å². The highest BCUT2D eigenvalue weighted by Crippen LogP contribution is 2.32. The quantitative estimate of drug-likeness (QED) is 0.494. The topological polar surface area (TPSA) is 48.3 Å². The number of rotatable bonds is 8. The Balaban J connectivity index is 1.35. The Labute approximate surface area is 178 Å². The lowest BCUT2D eigenvalue weighted by Gasteiger charge is -2.11. The minimum absolute atomic E-state index is 0.339. The molecule has 2 aromatic carbocycles. The third kappa shape index (κ3) is 4.79. The number of nitrogens with zero attached hydrogens (tertiary/aromatic N) is 2. The van der Waals surface area contributed by atoms with Gasteiger partial charge in [0, 0.05) is 47.6 Å². The molecule has 1 aromatic heterocycles. The van der Waals surface area contributed by atoms with Gasteiger partial charge in [0.1, 0.15) is 17.3 Å². The Bertz CT molecular complexity index is 986. The summed E-state index contributed by atoms with van der Waals surface area (Å²) in [6, 6.07) is 11.3. The zero-order chi connectivity index (χ0) is 20.2. The van der Waals surface area contributed by atoms with Crippen LogP contribution < -0.4 is 10.1 Å². The molecule has 3 aromatic rings. The van der Waals surface area contributed by atoms with E-state index < -0.39 is 0 Å². The van der Waals surface area contributed by atoms with E-state index in [1.807, 2.05) is 25.2 Å². The van der Waals surface area contributed by atoms with Crippen LogP contribution in [0.3, 0.4) is 0 Å². The molecule has 1 fully saturated rings. The molecule has 1 saturated heterocycles. The van der Waals surface area contributed by atoms with Crippen LogP contribution in [0.15, 0.2) is 40.9 Å². The van der Waals surface area contributed by atoms with Crippen molar-refractivity contribution in [2.24, 2.45) is 7.05 Å². The van der Waals surface area contributed by atoms with Gasteiger partial charge >= 0.3 is 0 Å². The van der Waals surface area contributed by atoms with Crippen LogP contribution in [0.5, 0.6) is 5.75 Å². The highest BCUT2D eigenvalue weighted by molar-refractivity contribution is 9.10. The van der Waals surface area contributed by atoms with E-state index in [4.69, 9.17) is 9.47 Å². The summed E-state index contributed by atoms with van der Waals surface area (Å²) >= 11 is 3.47. The normalized spacial score (nSPS) is 16.6. The molecular weight excluding hydrogens is 437 g/mol. The smallest absolute Gasteiger partial charge is 0.136 e. The number of nitrogens with one attached hydrogen (secondary N) is 1. The molecule has 0 radical (unpaired) electrons. The van der Waals surface area contributed by atoms with Crippen LogP contribution >= 0.6 is 15.9 Å².